The molecule has 3 aliphatic rings. The Balaban J connectivity index is 1.31. The van der Waals surface area contributed by atoms with Crippen LogP contribution in [0.25, 0.3) is 5.83 Å². The fourth-order valence-corrected chi connectivity index (χ4v) is 7.52. The summed E-state index contributed by atoms with van der Waals surface area (Å²) in [6.07, 6.45) is 6.15. The lowest BCUT2D eigenvalue weighted by atomic mass is 9.80. The van der Waals surface area contributed by atoms with Gasteiger partial charge in [0.05, 0.1) is 11.5 Å². The molecule has 1 aromatic heterocycles. The van der Waals surface area contributed by atoms with E-state index >= 15 is 8.78 Å². The first-order valence-electron chi connectivity index (χ1n) is 15.2. The van der Waals surface area contributed by atoms with Gasteiger partial charge >= 0.3 is 11.9 Å². The summed E-state index contributed by atoms with van der Waals surface area (Å²) in [6, 6.07) is 0. The number of aromatic nitrogens is 2. The minimum Gasteiger partial charge on any atom is -0.462 e. The molecular weight excluding hydrogens is 542 g/mol. The first kappa shape index (κ1) is 32.5. The van der Waals surface area contributed by atoms with E-state index in [1.807, 2.05) is 0 Å². The Morgan fingerprint density at radius 1 is 0.714 bits per heavy atom. The molecule has 8 nitrogen and oxygen atoms in total. The highest BCUT2D eigenvalue weighted by molar-refractivity contribution is 5.88. The summed E-state index contributed by atoms with van der Waals surface area (Å²) < 4.78 is 41.8. The molecule has 0 atom stereocenters. The van der Waals surface area contributed by atoms with Crippen LogP contribution in [-0.4, -0.2) is 56.3 Å². The van der Waals surface area contributed by atoms with E-state index in [9.17, 15) is 9.59 Å². The van der Waals surface area contributed by atoms with Crippen molar-refractivity contribution in [1.29, 1.82) is 0 Å². The number of hydrogen-bond acceptors (Lipinski definition) is 8. The minimum atomic E-state index is -1.14. The largest absolute Gasteiger partial charge is 0.462 e. The summed E-state index contributed by atoms with van der Waals surface area (Å²) in [4.78, 5) is 33.5. The van der Waals surface area contributed by atoms with E-state index in [0.29, 0.717) is 38.5 Å². The van der Waals surface area contributed by atoms with Crippen molar-refractivity contribution in [2.75, 3.05) is 0 Å². The molecule has 2 N–H and O–H groups in total. The van der Waals surface area contributed by atoms with Crippen LogP contribution in [0, 0.1) is 11.8 Å². The lowest BCUT2D eigenvalue weighted by Gasteiger charge is -2.46. The second-order valence-electron chi connectivity index (χ2n) is 15.2. The molecule has 0 amide bonds. The number of hydrogen-bond donors (Lipinski definition) is 2. The van der Waals surface area contributed by atoms with Gasteiger partial charge in [0.15, 0.2) is 11.7 Å². The summed E-state index contributed by atoms with van der Waals surface area (Å²) in [5.74, 6) is -4.29. The Morgan fingerprint density at radius 2 is 1.12 bits per heavy atom. The second kappa shape index (κ2) is 11.9. The van der Waals surface area contributed by atoms with E-state index in [1.54, 1.807) is 0 Å². The van der Waals surface area contributed by atoms with Crippen LogP contribution in [0.1, 0.15) is 123 Å². The van der Waals surface area contributed by atoms with Crippen molar-refractivity contribution < 1.29 is 27.8 Å². The highest BCUT2D eigenvalue weighted by Crippen LogP contribution is 2.39. The van der Waals surface area contributed by atoms with Gasteiger partial charge in [0.1, 0.15) is 18.0 Å². The molecule has 3 heterocycles. The van der Waals surface area contributed by atoms with Gasteiger partial charge in [-0.2, -0.15) is 4.39 Å². The molecule has 0 bridgehead atoms. The number of esters is 2. The minimum absolute atomic E-state index is 0.0839. The number of halogens is 2. The third kappa shape index (κ3) is 8.34. The molecule has 0 unspecified atom stereocenters. The summed E-state index contributed by atoms with van der Waals surface area (Å²) >= 11 is 0. The van der Waals surface area contributed by atoms with E-state index in [1.165, 1.54) is 12.4 Å². The SMILES string of the molecule is CC1(C)CC(OC(=O)c2cnc(/C(F)=C(\F)C3CCC(C(=O)OC4CC(C)(C)NC(C)(C)C4)CC3)nc2)CC(C)(C)N1. The zero-order valence-corrected chi connectivity index (χ0v) is 26.4. The van der Waals surface area contributed by atoms with Gasteiger partial charge in [0.2, 0.25) is 0 Å². The topological polar surface area (TPSA) is 102 Å². The van der Waals surface area contributed by atoms with Crippen LogP contribution in [-0.2, 0) is 14.3 Å². The van der Waals surface area contributed by atoms with Crippen LogP contribution < -0.4 is 10.6 Å². The molecule has 3 fully saturated rings. The van der Waals surface area contributed by atoms with Crippen molar-refractivity contribution in [3.05, 3.63) is 29.6 Å². The van der Waals surface area contributed by atoms with Crippen molar-refractivity contribution in [3.8, 4) is 0 Å². The monoisotopic (exact) mass is 590 g/mol. The Labute approximate surface area is 248 Å². The molecule has 0 aromatic carbocycles. The van der Waals surface area contributed by atoms with Gasteiger partial charge in [-0.05, 0) is 81.1 Å². The van der Waals surface area contributed by atoms with Crippen LogP contribution in [0.5, 0.6) is 0 Å². The van der Waals surface area contributed by atoms with Gasteiger partial charge in [-0.1, -0.05) is 0 Å². The molecule has 0 spiro atoms. The number of carbonyl (C=O) groups is 2. The third-order valence-corrected chi connectivity index (χ3v) is 8.57. The molecular formula is C32H48F2N4O4. The Hall–Kier alpha value is -2.46. The quantitative estimate of drug-likeness (QED) is 0.377. The maximum Gasteiger partial charge on any atom is 0.341 e. The maximum atomic E-state index is 15.2. The average Bonchev–Trinajstić information content (AvgIpc) is 2.84. The standard InChI is InChI=1S/C32H48F2N4O4/c1-29(2)13-22(14-30(3,4)37-29)41-27(39)20-11-9-19(10-12-20)24(33)25(34)26-35-17-21(18-36-26)28(40)42-23-15-31(5,6)38-32(7,8)16-23/h17-20,22-23,37-38H,9-16H2,1-8H3/b25-24+. The Morgan fingerprint density at radius 3 is 1.57 bits per heavy atom. The van der Waals surface area contributed by atoms with Crippen LogP contribution in [0.3, 0.4) is 0 Å². The highest BCUT2D eigenvalue weighted by Gasteiger charge is 2.41. The molecule has 10 heteroatoms. The van der Waals surface area contributed by atoms with Gasteiger partial charge in [-0.15, -0.1) is 0 Å². The summed E-state index contributed by atoms with van der Waals surface area (Å²) in [5.41, 5.74) is -0.588. The number of carbonyl (C=O) groups excluding carboxylic acids is 2. The van der Waals surface area contributed by atoms with Gasteiger partial charge < -0.3 is 20.1 Å². The smallest absolute Gasteiger partial charge is 0.341 e. The zero-order valence-electron chi connectivity index (χ0n) is 26.4. The average molecular weight is 591 g/mol. The first-order chi connectivity index (χ1) is 19.3. The van der Waals surface area contributed by atoms with Gasteiger partial charge in [-0.3, -0.25) is 4.79 Å². The molecule has 1 aromatic rings. The van der Waals surface area contributed by atoms with Crippen molar-refractivity contribution in [2.24, 2.45) is 11.8 Å². The molecule has 1 aliphatic carbocycles. The van der Waals surface area contributed by atoms with Gasteiger partial charge in [-0.25, -0.2) is 19.2 Å². The number of rotatable bonds is 6. The summed E-state index contributed by atoms with van der Waals surface area (Å²) in [6.45, 7) is 16.6. The zero-order chi connectivity index (χ0) is 31.1. The van der Waals surface area contributed by atoms with Crippen molar-refractivity contribution in [3.63, 3.8) is 0 Å². The summed E-state index contributed by atoms with van der Waals surface area (Å²) in [7, 11) is 0. The van der Waals surface area contributed by atoms with Crippen molar-refractivity contribution >= 4 is 17.8 Å². The fourth-order valence-electron chi connectivity index (χ4n) is 7.52. The predicted octanol–water partition coefficient (Wildman–Crippen LogP) is 6.21. The van der Waals surface area contributed by atoms with Crippen molar-refractivity contribution in [2.45, 2.75) is 141 Å². The highest BCUT2D eigenvalue weighted by atomic mass is 19.2. The fraction of sp³-hybridized carbons (Fsp3) is 0.750. The predicted molar refractivity (Wildman–Crippen MR) is 157 cm³/mol. The van der Waals surface area contributed by atoms with Gasteiger partial charge in [0, 0.05) is 66.2 Å². The molecule has 42 heavy (non-hydrogen) atoms. The van der Waals surface area contributed by atoms with Gasteiger partial charge in [0.25, 0.3) is 0 Å². The van der Waals surface area contributed by atoms with Crippen LogP contribution >= 0.6 is 0 Å². The first-order valence-corrected chi connectivity index (χ1v) is 15.2. The maximum absolute atomic E-state index is 15.2. The number of allylic oxidation sites excluding steroid dienone is 1. The molecule has 2 saturated heterocycles. The molecule has 234 valence electrons. The lowest BCUT2D eigenvalue weighted by Crippen LogP contribution is -2.59. The van der Waals surface area contributed by atoms with E-state index in [2.05, 4.69) is 76.0 Å². The molecule has 4 rings (SSSR count). The van der Waals surface area contributed by atoms with Crippen LogP contribution in [0.15, 0.2) is 18.2 Å². The van der Waals surface area contributed by atoms with Crippen LogP contribution in [0.2, 0.25) is 0 Å². The number of nitrogens with zero attached hydrogens (tertiary/aromatic N) is 2. The third-order valence-electron chi connectivity index (χ3n) is 8.57. The molecule has 1 saturated carbocycles. The van der Waals surface area contributed by atoms with E-state index in [0.717, 1.165) is 12.8 Å². The van der Waals surface area contributed by atoms with E-state index in [-0.39, 0.29) is 51.8 Å². The Kier molecular flexibility index (Phi) is 9.20. The normalized spacial score (nSPS) is 28.0. The molecule has 0 radical (unpaired) electrons. The summed E-state index contributed by atoms with van der Waals surface area (Å²) in [5, 5.41) is 7.12. The lowest BCUT2D eigenvalue weighted by molar-refractivity contribution is -0.159. The van der Waals surface area contributed by atoms with E-state index < -0.39 is 29.4 Å². The van der Waals surface area contributed by atoms with Crippen molar-refractivity contribution in [1.82, 2.24) is 20.6 Å². The molecule has 2 aliphatic heterocycles. The van der Waals surface area contributed by atoms with Crippen LogP contribution in [0.4, 0.5) is 8.78 Å². The second-order valence-corrected chi connectivity index (χ2v) is 15.2. The number of nitrogens with one attached hydrogen (secondary N) is 2. The number of ether oxygens (including phenoxy) is 2. The number of piperidine rings is 2. The Bertz CT molecular complexity index is 1160. The van der Waals surface area contributed by atoms with E-state index in [4.69, 9.17) is 9.47 Å².